The van der Waals surface area contributed by atoms with Crippen LogP contribution in [0.4, 0.5) is 0 Å². The summed E-state index contributed by atoms with van der Waals surface area (Å²) in [6.45, 7) is 9.78. The number of hydrogen-bond donors (Lipinski definition) is 1. The highest BCUT2D eigenvalue weighted by molar-refractivity contribution is 6.35. The van der Waals surface area contributed by atoms with E-state index < -0.39 is 0 Å². The molecule has 0 saturated carbocycles. The van der Waals surface area contributed by atoms with Gasteiger partial charge in [-0.15, -0.1) is 0 Å². The first kappa shape index (κ1) is 14.8. The Morgan fingerprint density at radius 1 is 1.24 bits per heavy atom. The van der Waals surface area contributed by atoms with Gasteiger partial charge < -0.3 is 5.32 Å². The van der Waals surface area contributed by atoms with Crippen LogP contribution in [0.3, 0.4) is 0 Å². The predicted octanol–water partition coefficient (Wildman–Crippen LogP) is 4.56. The SMILES string of the molecule is CC(C)NCC(C)(C)Cc1ccc(Cl)cc1Cl. The first-order chi connectivity index (χ1) is 7.80. The number of halogens is 2. The van der Waals surface area contributed by atoms with Crippen molar-refractivity contribution in [3.05, 3.63) is 33.8 Å². The van der Waals surface area contributed by atoms with Gasteiger partial charge in [-0.2, -0.15) is 0 Å². The zero-order valence-corrected chi connectivity index (χ0v) is 12.5. The van der Waals surface area contributed by atoms with Crippen LogP contribution in [0, 0.1) is 5.41 Å². The van der Waals surface area contributed by atoms with E-state index >= 15 is 0 Å². The summed E-state index contributed by atoms with van der Waals surface area (Å²) in [6.07, 6.45) is 0.947. The molecule has 0 aliphatic carbocycles. The van der Waals surface area contributed by atoms with E-state index in [1.807, 2.05) is 18.2 Å². The lowest BCUT2D eigenvalue weighted by Gasteiger charge is -2.27. The van der Waals surface area contributed by atoms with E-state index in [1.54, 1.807) is 0 Å². The van der Waals surface area contributed by atoms with Crippen LogP contribution < -0.4 is 5.32 Å². The Morgan fingerprint density at radius 2 is 1.88 bits per heavy atom. The molecule has 0 unspecified atom stereocenters. The Labute approximate surface area is 115 Å². The zero-order valence-electron chi connectivity index (χ0n) is 11.0. The average Bonchev–Trinajstić information content (AvgIpc) is 2.20. The van der Waals surface area contributed by atoms with Crippen LogP contribution in [-0.2, 0) is 6.42 Å². The summed E-state index contributed by atoms with van der Waals surface area (Å²) in [5, 5.41) is 4.92. The Bertz CT molecular complexity index is 372. The Hall–Kier alpha value is -0.240. The molecule has 0 saturated heterocycles. The van der Waals surface area contributed by atoms with Crippen LogP contribution in [-0.4, -0.2) is 12.6 Å². The topological polar surface area (TPSA) is 12.0 Å². The molecule has 1 aromatic carbocycles. The molecule has 1 N–H and O–H groups in total. The molecule has 0 atom stereocenters. The predicted molar refractivity (Wildman–Crippen MR) is 77.1 cm³/mol. The third-order valence-electron chi connectivity index (χ3n) is 2.67. The summed E-state index contributed by atoms with van der Waals surface area (Å²) in [6, 6.07) is 6.23. The monoisotopic (exact) mass is 273 g/mol. The normalized spacial score (nSPS) is 12.2. The highest BCUT2D eigenvalue weighted by atomic mass is 35.5. The van der Waals surface area contributed by atoms with Crippen LogP contribution in [0.1, 0.15) is 33.3 Å². The second kappa shape index (κ2) is 6.08. The van der Waals surface area contributed by atoms with Crippen molar-refractivity contribution in [3.8, 4) is 0 Å². The van der Waals surface area contributed by atoms with E-state index in [0.29, 0.717) is 11.1 Å². The van der Waals surface area contributed by atoms with Gasteiger partial charge >= 0.3 is 0 Å². The number of nitrogens with one attached hydrogen (secondary N) is 1. The van der Waals surface area contributed by atoms with Gasteiger partial charge in [-0.3, -0.25) is 0 Å². The van der Waals surface area contributed by atoms with Gasteiger partial charge in [0.2, 0.25) is 0 Å². The largest absolute Gasteiger partial charge is 0.314 e. The van der Waals surface area contributed by atoms with E-state index in [0.717, 1.165) is 23.6 Å². The van der Waals surface area contributed by atoms with E-state index in [9.17, 15) is 0 Å². The van der Waals surface area contributed by atoms with Gasteiger partial charge in [0.1, 0.15) is 0 Å². The van der Waals surface area contributed by atoms with Gasteiger partial charge in [0.15, 0.2) is 0 Å². The third-order valence-corrected chi connectivity index (χ3v) is 3.26. The fraction of sp³-hybridized carbons (Fsp3) is 0.571. The molecule has 0 spiro atoms. The van der Waals surface area contributed by atoms with Gasteiger partial charge in [0.05, 0.1) is 0 Å². The molecule has 0 heterocycles. The molecular formula is C14H21Cl2N. The zero-order chi connectivity index (χ0) is 13.1. The molecule has 0 radical (unpaired) electrons. The molecule has 0 fully saturated rings. The lowest BCUT2D eigenvalue weighted by Crippen LogP contribution is -2.35. The van der Waals surface area contributed by atoms with E-state index in [4.69, 9.17) is 23.2 Å². The van der Waals surface area contributed by atoms with Crippen molar-refractivity contribution in [2.75, 3.05) is 6.54 Å². The summed E-state index contributed by atoms with van der Waals surface area (Å²) in [7, 11) is 0. The van der Waals surface area contributed by atoms with Gasteiger partial charge in [-0.05, 0) is 29.5 Å². The fourth-order valence-corrected chi connectivity index (χ4v) is 2.20. The molecule has 1 nitrogen and oxygen atoms in total. The van der Waals surface area contributed by atoms with Crippen molar-refractivity contribution in [3.63, 3.8) is 0 Å². The molecule has 0 bridgehead atoms. The van der Waals surface area contributed by atoms with Gasteiger partial charge in [-0.1, -0.05) is 57.0 Å². The van der Waals surface area contributed by atoms with Crippen molar-refractivity contribution in [2.45, 2.75) is 40.2 Å². The van der Waals surface area contributed by atoms with Crippen LogP contribution in [0.15, 0.2) is 18.2 Å². The first-order valence-corrected chi connectivity index (χ1v) is 6.73. The Kier molecular flexibility index (Phi) is 5.30. The third kappa shape index (κ3) is 5.29. The molecule has 96 valence electrons. The number of rotatable bonds is 5. The highest BCUT2D eigenvalue weighted by Gasteiger charge is 2.20. The molecule has 17 heavy (non-hydrogen) atoms. The highest BCUT2D eigenvalue weighted by Crippen LogP contribution is 2.28. The van der Waals surface area contributed by atoms with Crippen molar-refractivity contribution >= 4 is 23.2 Å². The molecular weight excluding hydrogens is 253 g/mol. The Balaban J connectivity index is 2.68. The molecule has 0 aliphatic heterocycles. The molecule has 1 rings (SSSR count). The summed E-state index contributed by atoms with van der Waals surface area (Å²) in [5.41, 5.74) is 1.34. The summed E-state index contributed by atoms with van der Waals surface area (Å²) in [5.74, 6) is 0. The summed E-state index contributed by atoms with van der Waals surface area (Å²) < 4.78 is 0. The van der Waals surface area contributed by atoms with Crippen LogP contribution in [0.25, 0.3) is 0 Å². The van der Waals surface area contributed by atoms with Crippen molar-refractivity contribution < 1.29 is 0 Å². The lowest BCUT2D eigenvalue weighted by atomic mass is 9.85. The second-order valence-electron chi connectivity index (χ2n) is 5.61. The fourth-order valence-electron chi connectivity index (χ4n) is 1.72. The van der Waals surface area contributed by atoms with Gasteiger partial charge in [-0.25, -0.2) is 0 Å². The van der Waals surface area contributed by atoms with Crippen LogP contribution >= 0.6 is 23.2 Å². The minimum Gasteiger partial charge on any atom is -0.314 e. The maximum absolute atomic E-state index is 6.19. The molecule has 0 amide bonds. The number of benzene rings is 1. The minimum absolute atomic E-state index is 0.182. The second-order valence-corrected chi connectivity index (χ2v) is 6.46. The Morgan fingerprint density at radius 3 is 2.41 bits per heavy atom. The van der Waals surface area contributed by atoms with Crippen molar-refractivity contribution in [1.29, 1.82) is 0 Å². The van der Waals surface area contributed by atoms with E-state index in [-0.39, 0.29) is 5.41 Å². The standard InChI is InChI=1S/C14H21Cl2N/c1-10(2)17-9-14(3,4)8-11-5-6-12(15)7-13(11)16/h5-7,10,17H,8-9H2,1-4H3. The van der Waals surface area contributed by atoms with E-state index in [2.05, 4.69) is 33.0 Å². The van der Waals surface area contributed by atoms with Crippen molar-refractivity contribution in [2.24, 2.45) is 5.41 Å². The maximum atomic E-state index is 6.19. The summed E-state index contributed by atoms with van der Waals surface area (Å²) in [4.78, 5) is 0. The first-order valence-electron chi connectivity index (χ1n) is 5.97. The summed E-state index contributed by atoms with van der Waals surface area (Å²) >= 11 is 12.1. The average molecular weight is 274 g/mol. The van der Waals surface area contributed by atoms with Crippen molar-refractivity contribution in [1.82, 2.24) is 5.32 Å². The molecule has 0 aliphatic rings. The molecule has 1 aromatic rings. The van der Waals surface area contributed by atoms with Gasteiger partial charge in [0.25, 0.3) is 0 Å². The lowest BCUT2D eigenvalue weighted by molar-refractivity contribution is 0.326. The smallest absolute Gasteiger partial charge is 0.0453 e. The van der Waals surface area contributed by atoms with E-state index in [1.165, 1.54) is 0 Å². The molecule has 0 aromatic heterocycles. The maximum Gasteiger partial charge on any atom is 0.0453 e. The number of hydrogen-bond acceptors (Lipinski definition) is 1. The van der Waals surface area contributed by atoms with Crippen LogP contribution in [0.2, 0.25) is 10.0 Å². The molecule has 3 heteroatoms. The van der Waals surface area contributed by atoms with Crippen LogP contribution in [0.5, 0.6) is 0 Å². The minimum atomic E-state index is 0.182. The van der Waals surface area contributed by atoms with Gasteiger partial charge in [0, 0.05) is 22.6 Å². The quantitative estimate of drug-likeness (QED) is 0.830.